The van der Waals surface area contributed by atoms with E-state index in [4.69, 9.17) is 10.5 Å². The second kappa shape index (κ2) is 6.19. The van der Waals surface area contributed by atoms with Gasteiger partial charge >= 0.3 is 0 Å². The lowest BCUT2D eigenvalue weighted by Crippen LogP contribution is -2.36. The number of carbonyl (C=O) groups is 1. The molecule has 5 heteroatoms. The number of hydrogen-bond donors (Lipinski definition) is 2. The van der Waals surface area contributed by atoms with Crippen LogP contribution < -0.4 is 11.1 Å². The molecule has 0 aliphatic heterocycles. The second-order valence-corrected chi connectivity index (χ2v) is 3.73. The molecule has 1 aromatic carbocycles. The van der Waals surface area contributed by atoms with Crippen molar-refractivity contribution in [3.8, 4) is 0 Å². The molecule has 4 nitrogen and oxygen atoms in total. The van der Waals surface area contributed by atoms with E-state index < -0.39 is 6.10 Å². The van der Waals surface area contributed by atoms with Crippen LogP contribution in [-0.4, -0.2) is 24.6 Å². The Morgan fingerprint density at radius 3 is 2.62 bits per heavy atom. The van der Waals surface area contributed by atoms with Crippen LogP contribution in [0.3, 0.4) is 0 Å². The normalized spacial score (nSPS) is 11.8. The first-order valence-electron chi connectivity index (χ1n) is 4.79. The van der Waals surface area contributed by atoms with Crippen LogP contribution in [0.15, 0.2) is 30.3 Å². The third-order valence-electron chi connectivity index (χ3n) is 2.01. The lowest BCUT2D eigenvalue weighted by molar-refractivity contribution is -0.131. The van der Waals surface area contributed by atoms with E-state index in [0.717, 1.165) is 5.56 Å². The van der Waals surface area contributed by atoms with Crippen LogP contribution in [0.2, 0.25) is 0 Å². The second-order valence-electron chi connectivity index (χ2n) is 3.21. The van der Waals surface area contributed by atoms with Crippen LogP contribution >= 0.6 is 12.2 Å². The molecular weight excluding hydrogens is 224 g/mol. The van der Waals surface area contributed by atoms with Crippen molar-refractivity contribution in [3.63, 3.8) is 0 Å². The number of thiocarbonyl (C=S) groups is 1. The van der Waals surface area contributed by atoms with Crippen molar-refractivity contribution in [2.45, 2.75) is 6.10 Å². The maximum Gasteiger partial charge on any atom is 0.254 e. The van der Waals surface area contributed by atoms with Crippen LogP contribution in [0, 0.1) is 0 Å². The molecule has 1 unspecified atom stereocenters. The minimum atomic E-state index is -0.629. The topological polar surface area (TPSA) is 64.3 Å². The summed E-state index contributed by atoms with van der Waals surface area (Å²) in [6.07, 6.45) is -0.629. The van der Waals surface area contributed by atoms with Crippen LogP contribution in [0.1, 0.15) is 11.7 Å². The maximum atomic E-state index is 11.7. The number of nitrogens with two attached hydrogens (primary N) is 1. The summed E-state index contributed by atoms with van der Waals surface area (Å²) in [5.41, 5.74) is 6.09. The monoisotopic (exact) mass is 238 g/mol. The molecule has 0 aromatic heterocycles. The van der Waals surface area contributed by atoms with Gasteiger partial charge < -0.3 is 15.8 Å². The molecule has 16 heavy (non-hydrogen) atoms. The maximum absolute atomic E-state index is 11.7. The van der Waals surface area contributed by atoms with Crippen LogP contribution in [0.25, 0.3) is 0 Å². The number of hydrogen-bond acceptors (Lipinski definition) is 3. The van der Waals surface area contributed by atoms with Gasteiger partial charge in [-0.05, 0) is 5.56 Å². The average Bonchev–Trinajstić information content (AvgIpc) is 2.29. The van der Waals surface area contributed by atoms with Gasteiger partial charge in [-0.15, -0.1) is 0 Å². The number of benzene rings is 1. The summed E-state index contributed by atoms with van der Waals surface area (Å²) in [6, 6.07) is 9.23. The van der Waals surface area contributed by atoms with E-state index in [2.05, 4.69) is 17.5 Å². The number of amides is 1. The number of nitrogens with one attached hydrogen (secondary N) is 1. The van der Waals surface area contributed by atoms with Crippen molar-refractivity contribution in [2.24, 2.45) is 5.73 Å². The first-order chi connectivity index (χ1) is 7.65. The van der Waals surface area contributed by atoms with Crippen molar-refractivity contribution in [3.05, 3.63) is 35.9 Å². The fourth-order valence-corrected chi connectivity index (χ4v) is 1.36. The SMILES string of the molecule is COC(C(=O)NCC(N)=S)c1ccccc1. The van der Waals surface area contributed by atoms with E-state index in [1.165, 1.54) is 7.11 Å². The van der Waals surface area contributed by atoms with E-state index in [-0.39, 0.29) is 17.4 Å². The predicted molar refractivity (Wildman–Crippen MR) is 66.0 cm³/mol. The molecular formula is C11H14N2O2S. The smallest absolute Gasteiger partial charge is 0.254 e. The fraction of sp³-hybridized carbons (Fsp3) is 0.273. The number of ether oxygens (including phenoxy) is 1. The highest BCUT2D eigenvalue weighted by atomic mass is 32.1. The molecule has 0 spiro atoms. The Morgan fingerprint density at radius 2 is 2.12 bits per heavy atom. The Morgan fingerprint density at radius 1 is 1.50 bits per heavy atom. The molecule has 3 N–H and O–H groups in total. The zero-order valence-electron chi connectivity index (χ0n) is 8.97. The van der Waals surface area contributed by atoms with Gasteiger partial charge in [0.15, 0.2) is 6.10 Å². The summed E-state index contributed by atoms with van der Waals surface area (Å²) >= 11 is 4.68. The fourth-order valence-electron chi connectivity index (χ4n) is 1.29. The van der Waals surface area contributed by atoms with Gasteiger partial charge in [0, 0.05) is 7.11 Å². The Hall–Kier alpha value is -1.46. The zero-order chi connectivity index (χ0) is 12.0. The Kier molecular flexibility index (Phi) is 4.88. The minimum absolute atomic E-state index is 0.181. The lowest BCUT2D eigenvalue weighted by atomic mass is 10.1. The molecule has 1 amide bonds. The van der Waals surface area contributed by atoms with Crippen molar-refractivity contribution in [1.82, 2.24) is 5.32 Å². The molecule has 0 heterocycles. The molecule has 0 saturated carbocycles. The molecule has 1 rings (SSSR count). The highest BCUT2D eigenvalue weighted by molar-refractivity contribution is 7.80. The average molecular weight is 238 g/mol. The standard InChI is InChI=1S/C11H14N2O2S/c1-15-10(8-5-3-2-4-6-8)11(14)13-7-9(12)16/h2-6,10H,7H2,1H3,(H2,12,16)(H,13,14). The van der Waals surface area contributed by atoms with Crippen molar-refractivity contribution in [1.29, 1.82) is 0 Å². The highest BCUT2D eigenvalue weighted by Gasteiger charge is 2.19. The first-order valence-corrected chi connectivity index (χ1v) is 5.19. The van der Waals surface area contributed by atoms with Gasteiger partial charge in [-0.1, -0.05) is 42.5 Å². The predicted octanol–water partition coefficient (Wildman–Crippen LogP) is 0.776. The first kappa shape index (κ1) is 12.6. The van der Waals surface area contributed by atoms with E-state index >= 15 is 0 Å². The molecule has 1 atom stereocenters. The number of carbonyl (C=O) groups excluding carboxylic acids is 1. The van der Waals surface area contributed by atoms with Gasteiger partial charge in [0.05, 0.1) is 11.5 Å². The molecule has 1 aromatic rings. The number of methoxy groups -OCH3 is 1. The highest BCUT2D eigenvalue weighted by Crippen LogP contribution is 2.15. The van der Waals surface area contributed by atoms with Gasteiger partial charge in [0.25, 0.3) is 5.91 Å². The summed E-state index contributed by atoms with van der Waals surface area (Å²) in [5, 5.41) is 2.60. The zero-order valence-corrected chi connectivity index (χ0v) is 9.79. The van der Waals surface area contributed by atoms with E-state index in [9.17, 15) is 4.79 Å². The van der Waals surface area contributed by atoms with Crippen molar-refractivity contribution >= 4 is 23.1 Å². The quantitative estimate of drug-likeness (QED) is 0.744. The molecule has 0 bridgehead atoms. The van der Waals surface area contributed by atoms with E-state index in [0.29, 0.717) is 0 Å². The third kappa shape index (κ3) is 3.60. The molecule has 0 aliphatic carbocycles. The lowest BCUT2D eigenvalue weighted by Gasteiger charge is -2.15. The Bertz CT molecular complexity index is 368. The molecule has 0 fully saturated rings. The van der Waals surface area contributed by atoms with Gasteiger partial charge in [0.2, 0.25) is 0 Å². The molecule has 0 radical (unpaired) electrons. The van der Waals surface area contributed by atoms with Gasteiger partial charge in [0.1, 0.15) is 0 Å². The van der Waals surface area contributed by atoms with E-state index in [1.54, 1.807) is 0 Å². The van der Waals surface area contributed by atoms with Crippen LogP contribution in [0.4, 0.5) is 0 Å². The van der Waals surface area contributed by atoms with Crippen LogP contribution in [0.5, 0.6) is 0 Å². The largest absolute Gasteiger partial charge is 0.392 e. The third-order valence-corrected chi connectivity index (χ3v) is 2.16. The van der Waals surface area contributed by atoms with Crippen molar-refractivity contribution in [2.75, 3.05) is 13.7 Å². The molecule has 0 saturated heterocycles. The van der Waals surface area contributed by atoms with Gasteiger partial charge in [-0.3, -0.25) is 4.79 Å². The van der Waals surface area contributed by atoms with Gasteiger partial charge in [-0.25, -0.2) is 0 Å². The summed E-state index contributed by atoms with van der Waals surface area (Å²) in [7, 11) is 1.48. The molecule has 86 valence electrons. The number of rotatable bonds is 5. The summed E-state index contributed by atoms with van der Waals surface area (Å²) in [6.45, 7) is 0.181. The van der Waals surface area contributed by atoms with Crippen molar-refractivity contribution < 1.29 is 9.53 Å². The summed E-state index contributed by atoms with van der Waals surface area (Å²) in [4.78, 5) is 12.0. The summed E-state index contributed by atoms with van der Waals surface area (Å²) < 4.78 is 5.13. The summed E-state index contributed by atoms with van der Waals surface area (Å²) in [5.74, 6) is -0.249. The van der Waals surface area contributed by atoms with Crippen LogP contribution in [-0.2, 0) is 9.53 Å². The van der Waals surface area contributed by atoms with E-state index in [1.807, 2.05) is 30.3 Å². The Labute approximate surface area is 99.8 Å². The van der Waals surface area contributed by atoms with Gasteiger partial charge in [-0.2, -0.15) is 0 Å². The Balaban J connectivity index is 2.68. The molecule has 0 aliphatic rings. The minimum Gasteiger partial charge on any atom is -0.392 e.